The van der Waals surface area contributed by atoms with E-state index in [9.17, 15) is 9.90 Å². The van der Waals surface area contributed by atoms with Crippen LogP contribution in [0.15, 0.2) is 0 Å². The minimum Gasteiger partial charge on any atom is -0.450 e. The lowest BCUT2D eigenvalue weighted by Gasteiger charge is -2.36. The number of nitrogens with zero attached hydrogens (tertiary/aromatic N) is 1. The van der Waals surface area contributed by atoms with E-state index in [4.69, 9.17) is 4.74 Å². The average Bonchev–Trinajstić information content (AvgIpc) is 2.47. The van der Waals surface area contributed by atoms with E-state index in [1.165, 1.54) is 6.42 Å². The second-order valence-electron chi connectivity index (χ2n) is 6.13. The third-order valence-electron chi connectivity index (χ3n) is 4.53. The molecule has 2 N–H and O–H groups in total. The zero-order chi connectivity index (χ0) is 14.4. The lowest BCUT2D eigenvalue weighted by molar-refractivity contribution is 0.000617. The van der Waals surface area contributed by atoms with Crippen LogP contribution in [0, 0.1) is 0 Å². The summed E-state index contributed by atoms with van der Waals surface area (Å²) < 4.78 is 5.01. The number of carbonyl (C=O) groups excluding carboxylic acids is 1. The minimum atomic E-state index is -0.503. The monoisotopic (exact) mass is 284 g/mol. The van der Waals surface area contributed by atoms with Crippen molar-refractivity contribution in [2.24, 2.45) is 0 Å². The van der Waals surface area contributed by atoms with Gasteiger partial charge in [-0.3, -0.25) is 0 Å². The van der Waals surface area contributed by atoms with Crippen LogP contribution < -0.4 is 5.32 Å². The van der Waals surface area contributed by atoms with Gasteiger partial charge in [-0.25, -0.2) is 4.79 Å². The Hall–Kier alpha value is -0.810. The van der Waals surface area contributed by atoms with E-state index in [0.29, 0.717) is 19.2 Å². The van der Waals surface area contributed by atoms with Crippen LogP contribution in [0.25, 0.3) is 0 Å². The topological polar surface area (TPSA) is 61.8 Å². The van der Waals surface area contributed by atoms with Gasteiger partial charge in [0, 0.05) is 25.7 Å². The molecule has 1 aliphatic heterocycles. The largest absolute Gasteiger partial charge is 0.450 e. The van der Waals surface area contributed by atoms with Gasteiger partial charge < -0.3 is 20.1 Å². The van der Waals surface area contributed by atoms with Gasteiger partial charge in [-0.1, -0.05) is 19.3 Å². The Balaban J connectivity index is 1.68. The summed E-state index contributed by atoms with van der Waals surface area (Å²) in [4.78, 5) is 13.4. The first-order chi connectivity index (χ1) is 9.63. The maximum Gasteiger partial charge on any atom is 0.409 e. The summed E-state index contributed by atoms with van der Waals surface area (Å²) in [6.45, 7) is 4.45. The molecule has 0 aromatic rings. The van der Waals surface area contributed by atoms with Crippen LogP contribution in [0.3, 0.4) is 0 Å². The van der Waals surface area contributed by atoms with Crippen molar-refractivity contribution in [3.63, 3.8) is 0 Å². The van der Waals surface area contributed by atoms with Gasteiger partial charge in [0.1, 0.15) is 0 Å². The smallest absolute Gasteiger partial charge is 0.409 e. The predicted molar refractivity (Wildman–Crippen MR) is 77.7 cm³/mol. The van der Waals surface area contributed by atoms with Crippen molar-refractivity contribution >= 4 is 6.09 Å². The molecule has 1 saturated heterocycles. The molecule has 20 heavy (non-hydrogen) atoms. The van der Waals surface area contributed by atoms with Crippen molar-refractivity contribution < 1.29 is 14.6 Å². The predicted octanol–water partition coefficient (Wildman–Crippen LogP) is 1.89. The Morgan fingerprint density at radius 3 is 2.55 bits per heavy atom. The molecule has 5 nitrogen and oxygen atoms in total. The average molecular weight is 284 g/mol. The summed E-state index contributed by atoms with van der Waals surface area (Å²) in [6.07, 6.45) is 7.05. The fourth-order valence-electron chi connectivity index (χ4n) is 3.20. The SMILES string of the molecule is CCOC(=O)N1CCC(NCC2(O)CCCCC2)CC1. The van der Waals surface area contributed by atoms with Crippen molar-refractivity contribution in [1.82, 2.24) is 10.2 Å². The molecule has 2 aliphatic rings. The molecule has 0 aromatic carbocycles. The molecule has 5 heteroatoms. The number of rotatable bonds is 4. The highest BCUT2D eigenvalue weighted by Gasteiger charge is 2.30. The molecule has 0 unspecified atom stereocenters. The van der Waals surface area contributed by atoms with Crippen molar-refractivity contribution in [2.45, 2.75) is 63.5 Å². The number of aliphatic hydroxyl groups is 1. The van der Waals surface area contributed by atoms with Gasteiger partial charge in [-0.05, 0) is 32.6 Å². The summed E-state index contributed by atoms with van der Waals surface area (Å²) in [5, 5.41) is 14.0. The molecule has 1 aliphatic carbocycles. The standard InChI is InChI=1S/C15H28N2O3/c1-2-20-14(18)17-10-6-13(7-11-17)16-12-15(19)8-4-3-5-9-15/h13,16,19H,2-12H2,1H3. The minimum absolute atomic E-state index is 0.197. The summed E-state index contributed by atoms with van der Waals surface area (Å²) in [7, 11) is 0. The highest BCUT2D eigenvalue weighted by molar-refractivity contribution is 5.67. The molecule has 0 aromatic heterocycles. The first-order valence-electron chi connectivity index (χ1n) is 8.00. The van der Waals surface area contributed by atoms with E-state index >= 15 is 0 Å². The third-order valence-corrected chi connectivity index (χ3v) is 4.53. The van der Waals surface area contributed by atoms with Gasteiger partial charge in [-0.15, -0.1) is 0 Å². The molecule has 2 rings (SSSR count). The number of amides is 1. The number of carbonyl (C=O) groups is 1. The van der Waals surface area contributed by atoms with Crippen molar-refractivity contribution in [3.05, 3.63) is 0 Å². The number of ether oxygens (including phenoxy) is 1. The Labute approximate surface area is 121 Å². The van der Waals surface area contributed by atoms with Crippen LogP contribution in [-0.4, -0.2) is 54.0 Å². The van der Waals surface area contributed by atoms with Gasteiger partial charge in [0.15, 0.2) is 0 Å². The maximum atomic E-state index is 11.6. The molecule has 1 saturated carbocycles. The molecular formula is C15H28N2O3. The zero-order valence-corrected chi connectivity index (χ0v) is 12.6. The Morgan fingerprint density at radius 1 is 1.30 bits per heavy atom. The molecule has 2 fully saturated rings. The lowest BCUT2D eigenvalue weighted by atomic mass is 9.84. The fourth-order valence-corrected chi connectivity index (χ4v) is 3.20. The second kappa shape index (κ2) is 7.27. The first kappa shape index (κ1) is 15.6. The van der Waals surface area contributed by atoms with Gasteiger partial charge in [0.05, 0.1) is 12.2 Å². The van der Waals surface area contributed by atoms with E-state index in [-0.39, 0.29) is 6.09 Å². The number of nitrogens with one attached hydrogen (secondary N) is 1. The Kier molecular flexibility index (Phi) is 5.66. The van der Waals surface area contributed by atoms with Gasteiger partial charge in [-0.2, -0.15) is 0 Å². The quantitative estimate of drug-likeness (QED) is 0.827. The van der Waals surface area contributed by atoms with Crippen LogP contribution in [0.4, 0.5) is 4.79 Å². The number of hydrogen-bond acceptors (Lipinski definition) is 4. The molecule has 1 heterocycles. The van der Waals surface area contributed by atoms with Gasteiger partial charge >= 0.3 is 6.09 Å². The third kappa shape index (κ3) is 4.35. The summed E-state index contributed by atoms with van der Waals surface area (Å²) in [6, 6.07) is 0.409. The van der Waals surface area contributed by atoms with Crippen molar-refractivity contribution in [1.29, 1.82) is 0 Å². The highest BCUT2D eigenvalue weighted by atomic mass is 16.6. The first-order valence-corrected chi connectivity index (χ1v) is 8.00. The molecule has 0 bridgehead atoms. The number of likely N-dealkylation sites (tertiary alicyclic amines) is 1. The van der Waals surface area contributed by atoms with E-state index < -0.39 is 5.60 Å². The van der Waals surface area contributed by atoms with Crippen LogP contribution in [0.1, 0.15) is 51.9 Å². The van der Waals surface area contributed by atoms with E-state index in [0.717, 1.165) is 51.6 Å². The Bertz CT molecular complexity index is 308. The Morgan fingerprint density at radius 2 is 1.95 bits per heavy atom. The fraction of sp³-hybridized carbons (Fsp3) is 0.933. The summed E-state index contributed by atoms with van der Waals surface area (Å²) >= 11 is 0. The molecular weight excluding hydrogens is 256 g/mol. The number of piperidine rings is 1. The van der Waals surface area contributed by atoms with Gasteiger partial charge in [0.25, 0.3) is 0 Å². The maximum absolute atomic E-state index is 11.6. The van der Waals surface area contributed by atoms with Crippen LogP contribution in [0.5, 0.6) is 0 Å². The normalized spacial score (nSPS) is 23.6. The van der Waals surface area contributed by atoms with Gasteiger partial charge in [0.2, 0.25) is 0 Å². The highest BCUT2D eigenvalue weighted by Crippen LogP contribution is 2.27. The van der Waals surface area contributed by atoms with Crippen LogP contribution >= 0.6 is 0 Å². The van der Waals surface area contributed by atoms with E-state index in [1.807, 2.05) is 6.92 Å². The van der Waals surface area contributed by atoms with Crippen molar-refractivity contribution in [3.8, 4) is 0 Å². The molecule has 0 atom stereocenters. The van der Waals surface area contributed by atoms with Crippen molar-refractivity contribution in [2.75, 3.05) is 26.2 Å². The summed E-state index contributed by atoms with van der Waals surface area (Å²) in [5.74, 6) is 0. The lowest BCUT2D eigenvalue weighted by Crippen LogP contribution is -2.50. The molecule has 116 valence electrons. The number of hydrogen-bond donors (Lipinski definition) is 2. The molecule has 0 radical (unpaired) electrons. The van der Waals surface area contributed by atoms with Crippen LogP contribution in [0.2, 0.25) is 0 Å². The molecule has 0 spiro atoms. The summed E-state index contributed by atoms with van der Waals surface area (Å²) in [5.41, 5.74) is -0.503. The van der Waals surface area contributed by atoms with E-state index in [1.54, 1.807) is 4.90 Å². The van der Waals surface area contributed by atoms with E-state index in [2.05, 4.69) is 5.32 Å². The van der Waals surface area contributed by atoms with Crippen LogP contribution in [-0.2, 0) is 4.74 Å². The second-order valence-corrected chi connectivity index (χ2v) is 6.13. The molecule has 1 amide bonds. The zero-order valence-electron chi connectivity index (χ0n) is 12.6.